The second-order valence-corrected chi connectivity index (χ2v) is 8.57. The van der Waals surface area contributed by atoms with E-state index in [9.17, 15) is 17.6 Å². The molecule has 1 aromatic heterocycles. The van der Waals surface area contributed by atoms with Crippen molar-refractivity contribution in [3.8, 4) is 0 Å². The fourth-order valence-electron chi connectivity index (χ4n) is 2.42. The molecule has 0 aliphatic carbocycles. The van der Waals surface area contributed by atoms with Gasteiger partial charge in [-0.2, -0.15) is 0 Å². The lowest BCUT2D eigenvalue weighted by molar-refractivity contribution is 0.0950. The topological polar surface area (TPSA) is 75.3 Å². The van der Waals surface area contributed by atoms with Crippen LogP contribution in [0.3, 0.4) is 0 Å². The molecule has 140 valence electrons. The fraction of sp³-hybridized carbons (Fsp3) is 0.105. The summed E-state index contributed by atoms with van der Waals surface area (Å²) >= 11 is 1.53. The third kappa shape index (κ3) is 4.72. The van der Waals surface area contributed by atoms with Crippen molar-refractivity contribution in [2.24, 2.45) is 0 Å². The number of benzene rings is 2. The zero-order valence-electron chi connectivity index (χ0n) is 14.4. The van der Waals surface area contributed by atoms with Crippen LogP contribution in [-0.2, 0) is 16.6 Å². The lowest BCUT2D eigenvalue weighted by Crippen LogP contribution is -2.24. The van der Waals surface area contributed by atoms with E-state index in [2.05, 4.69) is 10.0 Å². The van der Waals surface area contributed by atoms with Crippen molar-refractivity contribution in [2.45, 2.75) is 18.4 Å². The van der Waals surface area contributed by atoms with Crippen molar-refractivity contribution in [1.29, 1.82) is 0 Å². The second-order valence-electron chi connectivity index (χ2n) is 5.85. The number of halogens is 1. The summed E-state index contributed by atoms with van der Waals surface area (Å²) in [6, 6.07) is 13.1. The molecular formula is C19H17FN2O3S2. The molecular weight excluding hydrogens is 387 g/mol. The highest BCUT2D eigenvalue weighted by Crippen LogP contribution is 2.20. The first-order valence-electron chi connectivity index (χ1n) is 8.05. The van der Waals surface area contributed by atoms with E-state index in [1.165, 1.54) is 35.6 Å². The number of aryl methyl sites for hydroxylation is 1. The number of anilines is 1. The molecule has 1 heterocycles. The predicted molar refractivity (Wildman–Crippen MR) is 104 cm³/mol. The highest BCUT2D eigenvalue weighted by atomic mass is 32.2. The standard InChI is InChI=1S/C19H17FN2O3S2/c1-13-4-9-17(27(24,25)22-15-7-5-14(20)6-8-15)11-18(13)19(23)21-12-16-3-2-10-26-16/h2-11,22H,12H2,1H3,(H,21,23). The van der Waals surface area contributed by atoms with E-state index in [-0.39, 0.29) is 22.1 Å². The third-order valence-corrected chi connectivity index (χ3v) is 6.12. The number of sulfonamides is 1. The van der Waals surface area contributed by atoms with Crippen molar-refractivity contribution >= 4 is 33.0 Å². The van der Waals surface area contributed by atoms with E-state index in [0.717, 1.165) is 17.0 Å². The summed E-state index contributed by atoms with van der Waals surface area (Å²) in [6.07, 6.45) is 0. The van der Waals surface area contributed by atoms with Gasteiger partial charge >= 0.3 is 0 Å². The molecule has 8 heteroatoms. The van der Waals surface area contributed by atoms with Crippen molar-refractivity contribution in [3.63, 3.8) is 0 Å². The molecule has 2 N–H and O–H groups in total. The number of hydrogen-bond donors (Lipinski definition) is 2. The van der Waals surface area contributed by atoms with Crippen LogP contribution >= 0.6 is 11.3 Å². The smallest absolute Gasteiger partial charge is 0.261 e. The Hall–Kier alpha value is -2.71. The summed E-state index contributed by atoms with van der Waals surface area (Å²) in [5.74, 6) is -0.808. The largest absolute Gasteiger partial charge is 0.347 e. The van der Waals surface area contributed by atoms with E-state index in [4.69, 9.17) is 0 Å². The Morgan fingerprint density at radius 3 is 2.52 bits per heavy atom. The number of hydrogen-bond acceptors (Lipinski definition) is 4. The van der Waals surface area contributed by atoms with Crippen molar-refractivity contribution in [3.05, 3.63) is 81.8 Å². The molecule has 0 aliphatic heterocycles. The van der Waals surface area contributed by atoms with Gasteiger partial charge in [0.1, 0.15) is 5.82 Å². The van der Waals surface area contributed by atoms with Crippen LogP contribution in [0.1, 0.15) is 20.8 Å². The maximum Gasteiger partial charge on any atom is 0.261 e. The van der Waals surface area contributed by atoms with Gasteiger partial charge in [0.25, 0.3) is 15.9 Å². The zero-order valence-corrected chi connectivity index (χ0v) is 16.0. The van der Waals surface area contributed by atoms with Crippen LogP contribution in [0.15, 0.2) is 64.9 Å². The van der Waals surface area contributed by atoms with Crippen molar-refractivity contribution < 1.29 is 17.6 Å². The average molecular weight is 404 g/mol. The van der Waals surface area contributed by atoms with Crippen molar-refractivity contribution in [2.75, 3.05) is 4.72 Å². The van der Waals surface area contributed by atoms with Crippen LogP contribution < -0.4 is 10.0 Å². The SMILES string of the molecule is Cc1ccc(S(=O)(=O)Nc2ccc(F)cc2)cc1C(=O)NCc1cccs1. The Bertz CT molecular complexity index is 1050. The van der Waals surface area contributed by atoms with Crippen molar-refractivity contribution in [1.82, 2.24) is 5.32 Å². The maximum absolute atomic E-state index is 13.0. The van der Waals surface area contributed by atoms with Crippen LogP contribution in [0.5, 0.6) is 0 Å². The molecule has 0 unspecified atom stereocenters. The van der Waals surface area contributed by atoms with E-state index in [1.807, 2.05) is 17.5 Å². The quantitative estimate of drug-likeness (QED) is 0.654. The Labute approximate surface area is 160 Å². The van der Waals surface area contributed by atoms with E-state index in [0.29, 0.717) is 12.1 Å². The van der Waals surface area contributed by atoms with Crippen LogP contribution in [0, 0.1) is 12.7 Å². The number of rotatable bonds is 6. The Morgan fingerprint density at radius 2 is 1.85 bits per heavy atom. The van der Waals surface area contributed by atoms with Gasteiger partial charge < -0.3 is 5.32 Å². The van der Waals surface area contributed by atoms with Gasteiger partial charge in [-0.3, -0.25) is 9.52 Å². The summed E-state index contributed by atoms with van der Waals surface area (Å²) in [5, 5.41) is 4.71. The second kappa shape index (κ2) is 7.89. The third-order valence-electron chi connectivity index (χ3n) is 3.86. The van der Waals surface area contributed by atoms with Gasteiger partial charge in [-0.05, 0) is 60.3 Å². The molecule has 0 radical (unpaired) electrons. The molecule has 3 rings (SSSR count). The summed E-state index contributed by atoms with van der Waals surface area (Å²) in [7, 11) is -3.91. The highest BCUT2D eigenvalue weighted by molar-refractivity contribution is 7.92. The van der Waals surface area contributed by atoms with Crippen LogP contribution in [0.4, 0.5) is 10.1 Å². The molecule has 3 aromatic rings. The molecule has 5 nitrogen and oxygen atoms in total. The van der Waals surface area contributed by atoms with E-state index >= 15 is 0 Å². The lowest BCUT2D eigenvalue weighted by atomic mass is 10.1. The lowest BCUT2D eigenvalue weighted by Gasteiger charge is -2.11. The monoisotopic (exact) mass is 404 g/mol. The first-order chi connectivity index (χ1) is 12.8. The van der Waals surface area contributed by atoms with Gasteiger partial charge in [0, 0.05) is 16.1 Å². The van der Waals surface area contributed by atoms with Gasteiger partial charge in [-0.25, -0.2) is 12.8 Å². The fourth-order valence-corrected chi connectivity index (χ4v) is 4.15. The Balaban J connectivity index is 1.80. The first-order valence-corrected chi connectivity index (χ1v) is 10.4. The zero-order chi connectivity index (χ0) is 19.4. The van der Waals surface area contributed by atoms with Crippen LogP contribution in [-0.4, -0.2) is 14.3 Å². The number of nitrogens with one attached hydrogen (secondary N) is 2. The van der Waals surface area contributed by atoms with E-state index in [1.54, 1.807) is 13.0 Å². The molecule has 0 atom stereocenters. The molecule has 27 heavy (non-hydrogen) atoms. The van der Waals surface area contributed by atoms with Gasteiger partial charge in [0.05, 0.1) is 11.4 Å². The normalized spacial score (nSPS) is 11.2. The molecule has 0 bridgehead atoms. The molecule has 0 saturated heterocycles. The van der Waals surface area contributed by atoms with E-state index < -0.39 is 15.8 Å². The minimum Gasteiger partial charge on any atom is -0.347 e. The maximum atomic E-state index is 13.0. The molecule has 2 aromatic carbocycles. The molecule has 1 amide bonds. The molecule has 0 spiro atoms. The summed E-state index contributed by atoms with van der Waals surface area (Å²) in [4.78, 5) is 13.4. The number of amides is 1. The van der Waals surface area contributed by atoms with Gasteiger partial charge in [-0.15, -0.1) is 11.3 Å². The van der Waals surface area contributed by atoms with Gasteiger partial charge in [0.2, 0.25) is 0 Å². The Kier molecular flexibility index (Phi) is 5.57. The average Bonchev–Trinajstić information content (AvgIpc) is 3.15. The number of thiophene rings is 1. The minimum atomic E-state index is -3.91. The van der Waals surface area contributed by atoms with Crippen LogP contribution in [0.25, 0.3) is 0 Å². The first kappa shape index (κ1) is 19.1. The van der Waals surface area contributed by atoms with Crippen LogP contribution in [0.2, 0.25) is 0 Å². The van der Waals surface area contributed by atoms with Gasteiger partial charge in [-0.1, -0.05) is 12.1 Å². The Morgan fingerprint density at radius 1 is 1.11 bits per heavy atom. The number of carbonyl (C=O) groups is 1. The molecule has 0 fully saturated rings. The predicted octanol–water partition coefficient (Wildman–Crippen LogP) is 3.93. The minimum absolute atomic E-state index is 0.0429. The van der Waals surface area contributed by atoms with Gasteiger partial charge in [0.15, 0.2) is 0 Å². The molecule has 0 saturated carbocycles. The summed E-state index contributed by atoms with van der Waals surface area (Å²) in [6.45, 7) is 2.12. The summed E-state index contributed by atoms with van der Waals surface area (Å²) < 4.78 is 40.5. The summed E-state index contributed by atoms with van der Waals surface area (Å²) in [5.41, 5.74) is 1.19. The number of carbonyl (C=O) groups excluding carboxylic acids is 1. The highest BCUT2D eigenvalue weighted by Gasteiger charge is 2.18. The molecule has 0 aliphatic rings.